The normalized spacial score (nSPS) is 10.4. The highest BCUT2D eigenvalue weighted by molar-refractivity contribution is 9.10. The second-order valence-corrected chi connectivity index (χ2v) is 5.35. The summed E-state index contributed by atoms with van der Waals surface area (Å²) in [6.07, 6.45) is 0. The van der Waals surface area contributed by atoms with Crippen LogP contribution in [0.1, 0.15) is 15.9 Å². The number of carboxylic acid groups (broad SMARTS) is 1. The maximum Gasteiger partial charge on any atom is 0.335 e. The van der Waals surface area contributed by atoms with Crippen LogP contribution in [0, 0.1) is 12.7 Å². The highest BCUT2D eigenvalue weighted by Gasteiger charge is 2.12. The number of benzene rings is 2. The number of aryl methyl sites for hydroxylation is 1. The second kappa shape index (κ2) is 5.81. The Hall–Kier alpha value is -1.59. The van der Waals surface area contributed by atoms with E-state index in [0.29, 0.717) is 10.2 Å². The summed E-state index contributed by atoms with van der Waals surface area (Å²) >= 11 is 8.87. The molecule has 6 heteroatoms. The van der Waals surface area contributed by atoms with Gasteiger partial charge in [0.05, 0.1) is 15.1 Å². The summed E-state index contributed by atoms with van der Waals surface area (Å²) < 4.78 is 19.5. The molecule has 0 unspecified atom stereocenters. The van der Waals surface area contributed by atoms with Crippen molar-refractivity contribution in [3.8, 4) is 11.5 Å². The number of carbonyl (C=O) groups is 1. The van der Waals surface area contributed by atoms with Crippen molar-refractivity contribution in [2.75, 3.05) is 0 Å². The first-order chi connectivity index (χ1) is 9.38. The predicted octanol–water partition coefficient (Wildman–Crippen LogP) is 5.04. The van der Waals surface area contributed by atoms with Crippen molar-refractivity contribution in [1.82, 2.24) is 0 Å². The molecule has 0 aliphatic heterocycles. The monoisotopic (exact) mass is 358 g/mol. The molecule has 0 saturated heterocycles. The first-order valence-electron chi connectivity index (χ1n) is 5.55. The molecule has 2 aromatic carbocycles. The van der Waals surface area contributed by atoms with Crippen LogP contribution in [0.2, 0.25) is 5.02 Å². The van der Waals surface area contributed by atoms with Gasteiger partial charge >= 0.3 is 5.97 Å². The van der Waals surface area contributed by atoms with Crippen LogP contribution in [0.15, 0.2) is 34.8 Å². The lowest BCUT2D eigenvalue weighted by molar-refractivity contribution is 0.0696. The number of carboxylic acids is 1. The molecule has 0 bridgehead atoms. The smallest absolute Gasteiger partial charge is 0.335 e. The Morgan fingerprint density at radius 1 is 1.30 bits per heavy atom. The van der Waals surface area contributed by atoms with E-state index < -0.39 is 11.8 Å². The summed E-state index contributed by atoms with van der Waals surface area (Å²) in [6.45, 7) is 1.77. The van der Waals surface area contributed by atoms with Gasteiger partial charge < -0.3 is 9.84 Å². The van der Waals surface area contributed by atoms with Crippen LogP contribution in [0.3, 0.4) is 0 Å². The molecule has 0 amide bonds. The number of aromatic carboxylic acids is 1. The van der Waals surface area contributed by atoms with E-state index in [-0.39, 0.29) is 16.3 Å². The predicted molar refractivity (Wildman–Crippen MR) is 77.3 cm³/mol. The Kier molecular flexibility index (Phi) is 4.30. The molecule has 0 heterocycles. The van der Waals surface area contributed by atoms with E-state index in [1.54, 1.807) is 13.0 Å². The van der Waals surface area contributed by atoms with Crippen LogP contribution < -0.4 is 4.74 Å². The fourth-order valence-corrected chi connectivity index (χ4v) is 2.26. The van der Waals surface area contributed by atoms with Gasteiger partial charge in [-0.1, -0.05) is 17.7 Å². The van der Waals surface area contributed by atoms with E-state index in [9.17, 15) is 9.18 Å². The summed E-state index contributed by atoms with van der Waals surface area (Å²) in [5, 5.41) is 8.93. The molecule has 0 atom stereocenters. The van der Waals surface area contributed by atoms with Crippen molar-refractivity contribution >= 4 is 33.5 Å². The van der Waals surface area contributed by atoms with Gasteiger partial charge in [0.25, 0.3) is 0 Å². The zero-order valence-corrected chi connectivity index (χ0v) is 12.6. The van der Waals surface area contributed by atoms with E-state index in [4.69, 9.17) is 21.4 Å². The molecule has 2 aromatic rings. The van der Waals surface area contributed by atoms with Gasteiger partial charge in [-0.3, -0.25) is 0 Å². The molecule has 104 valence electrons. The lowest BCUT2D eigenvalue weighted by Gasteiger charge is -2.11. The standard InChI is InChI=1S/C14H9BrClFO3/c1-7-2-3-8(14(18)19)4-12(7)20-13-6-11(17)10(16)5-9(13)15/h2-6H,1H3,(H,18,19). The molecule has 0 fully saturated rings. The van der Waals surface area contributed by atoms with Crippen molar-refractivity contribution in [2.45, 2.75) is 6.92 Å². The van der Waals surface area contributed by atoms with Crippen LogP contribution in [0.25, 0.3) is 0 Å². The Balaban J connectivity index is 2.42. The molecule has 0 saturated carbocycles. The van der Waals surface area contributed by atoms with Crippen molar-refractivity contribution in [3.05, 3.63) is 56.8 Å². The van der Waals surface area contributed by atoms with Gasteiger partial charge in [0.2, 0.25) is 0 Å². The Morgan fingerprint density at radius 2 is 2.00 bits per heavy atom. The Labute approximate surface area is 128 Å². The van der Waals surface area contributed by atoms with Crippen molar-refractivity contribution in [2.24, 2.45) is 0 Å². The average Bonchev–Trinajstić information content (AvgIpc) is 2.38. The summed E-state index contributed by atoms with van der Waals surface area (Å²) in [7, 11) is 0. The second-order valence-electron chi connectivity index (χ2n) is 4.08. The molecule has 1 N–H and O–H groups in total. The molecule has 0 spiro atoms. The van der Waals surface area contributed by atoms with Gasteiger partial charge in [-0.2, -0.15) is 0 Å². The minimum absolute atomic E-state index is 0.0276. The molecule has 0 aliphatic carbocycles. The molecule has 3 nitrogen and oxygen atoms in total. The Bertz CT molecular complexity index is 688. The third-order valence-corrected chi connectivity index (χ3v) is 3.54. The third kappa shape index (κ3) is 3.11. The lowest BCUT2D eigenvalue weighted by Crippen LogP contribution is -1.98. The van der Waals surface area contributed by atoms with E-state index in [1.807, 2.05) is 0 Å². The lowest BCUT2D eigenvalue weighted by atomic mass is 10.1. The average molecular weight is 360 g/mol. The zero-order valence-electron chi connectivity index (χ0n) is 10.3. The summed E-state index contributed by atoms with van der Waals surface area (Å²) in [5.74, 6) is -1.11. The SMILES string of the molecule is Cc1ccc(C(=O)O)cc1Oc1cc(F)c(Cl)cc1Br. The van der Waals surface area contributed by atoms with E-state index in [0.717, 1.165) is 11.6 Å². The third-order valence-electron chi connectivity index (χ3n) is 2.63. The topological polar surface area (TPSA) is 46.5 Å². The molecule has 0 aromatic heterocycles. The maximum atomic E-state index is 13.4. The number of hydrogen-bond acceptors (Lipinski definition) is 2. The molecule has 20 heavy (non-hydrogen) atoms. The van der Waals surface area contributed by atoms with E-state index >= 15 is 0 Å². The van der Waals surface area contributed by atoms with Gasteiger partial charge in [0.1, 0.15) is 17.3 Å². The maximum absolute atomic E-state index is 13.4. The number of ether oxygens (including phenoxy) is 1. The highest BCUT2D eigenvalue weighted by Crippen LogP contribution is 2.35. The quantitative estimate of drug-likeness (QED) is 0.781. The van der Waals surface area contributed by atoms with E-state index in [2.05, 4.69) is 15.9 Å². The fraction of sp³-hybridized carbons (Fsp3) is 0.0714. The van der Waals surface area contributed by atoms with Gasteiger partial charge in [-0.25, -0.2) is 9.18 Å². The fourth-order valence-electron chi connectivity index (χ4n) is 1.54. The van der Waals surface area contributed by atoms with E-state index in [1.165, 1.54) is 18.2 Å². The van der Waals surface area contributed by atoms with Crippen LogP contribution in [0.4, 0.5) is 4.39 Å². The van der Waals surface area contributed by atoms with Gasteiger partial charge in [0.15, 0.2) is 0 Å². The van der Waals surface area contributed by atoms with Gasteiger partial charge in [-0.05, 0) is 46.6 Å². The number of hydrogen-bond donors (Lipinski definition) is 1. The molecular weight excluding hydrogens is 351 g/mol. The largest absolute Gasteiger partial charge is 0.478 e. The van der Waals surface area contributed by atoms with Crippen molar-refractivity contribution < 1.29 is 19.0 Å². The highest BCUT2D eigenvalue weighted by atomic mass is 79.9. The van der Waals surface area contributed by atoms with Gasteiger partial charge in [0, 0.05) is 6.07 Å². The Morgan fingerprint density at radius 3 is 2.65 bits per heavy atom. The number of rotatable bonds is 3. The first-order valence-corrected chi connectivity index (χ1v) is 6.72. The molecule has 0 aliphatic rings. The molecule has 2 rings (SSSR count). The van der Waals surface area contributed by atoms with Gasteiger partial charge in [-0.15, -0.1) is 0 Å². The molecular formula is C14H9BrClFO3. The van der Waals surface area contributed by atoms with Crippen molar-refractivity contribution in [3.63, 3.8) is 0 Å². The van der Waals surface area contributed by atoms with Crippen molar-refractivity contribution in [1.29, 1.82) is 0 Å². The minimum atomic E-state index is -1.06. The summed E-state index contributed by atoms with van der Waals surface area (Å²) in [6, 6.07) is 7.00. The van der Waals surface area contributed by atoms with Crippen LogP contribution in [-0.2, 0) is 0 Å². The van der Waals surface area contributed by atoms with Crippen LogP contribution in [0.5, 0.6) is 11.5 Å². The van der Waals surface area contributed by atoms with Crippen LogP contribution in [-0.4, -0.2) is 11.1 Å². The summed E-state index contributed by atoms with van der Waals surface area (Å²) in [5.41, 5.74) is 0.827. The summed E-state index contributed by atoms with van der Waals surface area (Å²) in [4.78, 5) is 10.9. The zero-order chi connectivity index (χ0) is 14.9. The number of halogens is 3. The molecule has 0 radical (unpaired) electrons. The van der Waals surface area contributed by atoms with Crippen LogP contribution >= 0.6 is 27.5 Å². The minimum Gasteiger partial charge on any atom is -0.478 e. The first kappa shape index (κ1) is 14.8.